The summed E-state index contributed by atoms with van der Waals surface area (Å²) in [5.74, 6) is -2.82. The first-order valence-corrected chi connectivity index (χ1v) is 7.79. The van der Waals surface area contributed by atoms with Gasteiger partial charge in [0.15, 0.2) is 5.12 Å². The lowest BCUT2D eigenvalue weighted by atomic mass is 10.0. The van der Waals surface area contributed by atoms with Gasteiger partial charge in [0.2, 0.25) is 17.7 Å². The molecule has 0 saturated carbocycles. The van der Waals surface area contributed by atoms with Crippen molar-refractivity contribution in [2.45, 2.75) is 45.0 Å². The van der Waals surface area contributed by atoms with Crippen LogP contribution < -0.4 is 0 Å². The number of imide groups is 1. The third-order valence-corrected chi connectivity index (χ3v) is 4.57. The van der Waals surface area contributed by atoms with Crippen LogP contribution in [0.4, 0.5) is 0 Å². The maximum atomic E-state index is 12.3. The highest BCUT2D eigenvalue weighted by Crippen LogP contribution is 2.35. The van der Waals surface area contributed by atoms with Crippen LogP contribution in [0.15, 0.2) is 11.3 Å². The SMILES string of the molecule is CC(=O)SC1CC(=O)N(C2CC(=O)N2C(C(=O)O)=C(C)C)C1=O. The van der Waals surface area contributed by atoms with Crippen molar-refractivity contribution < 1.29 is 29.1 Å². The number of hydrogen-bond acceptors (Lipinski definition) is 6. The lowest BCUT2D eigenvalue weighted by molar-refractivity contribution is -0.165. The predicted molar refractivity (Wildman–Crippen MR) is 79.8 cm³/mol. The molecule has 0 bridgehead atoms. The fourth-order valence-electron chi connectivity index (χ4n) is 2.67. The molecule has 0 spiro atoms. The number of carbonyl (C=O) groups excluding carboxylic acids is 4. The van der Waals surface area contributed by atoms with Gasteiger partial charge in [-0.1, -0.05) is 11.8 Å². The summed E-state index contributed by atoms with van der Waals surface area (Å²) in [6.45, 7) is 4.37. The molecule has 0 aromatic carbocycles. The van der Waals surface area contributed by atoms with Crippen LogP contribution in [-0.2, 0) is 24.0 Å². The van der Waals surface area contributed by atoms with Crippen molar-refractivity contribution in [2.75, 3.05) is 0 Å². The topological polar surface area (TPSA) is 112 Å². The van der Waals surface area contributed by atoms with E-state index in [1.165, 1.54) is 20.8 Å². The Morgan fingerprint density at radius 1 is 1.09 bits per heavy atom. The molecule has 2 unspecified atom stereocenters. The lowest BCUT2D eigenvalue weighted by Crippen LogP contribution is -2.63. The fraction of sp³-hybridized carbons (Fsp3) is 0.500. The van der Waals surface area contributed by atoms with Crippen molar-refractivity contribution in [3.63, 3.8) is 0 Å². The van der Waals surface area contributed by atoms with Crippen LogP contribution in [0.2, 0.25) is 0 Å². The van der Waals surface area contributed by atoms with Crippen molar-refractivity contribution in [1.82, 2.24) is 9.80 Å². The Morgan fingerprint density at radius 3 is 2.13 bits per heavy atom. The Bertz CT molecular complexity index is 652. The first kappa shape index (κ1) is 17.2. The molecule has 2 atom stereocenters. The number of thioether (sulfide) groups is 1. The van der Waals surface area contributed by atoms with Crippen LogP contribution >= 0.6 is 11.8 Å². The van der Waals surface area contributed by atoms with Crippen molar-refractivity contribution in [1.29, 1.82) is 0 Å². The summed E-state index contributed by atoms with van der Waals surface area (Å²) in [7, 11) is 0. The fourth-order valence-corrected chi connectivity index (χ4v) is 3.51. The molecule has 3 amide bonds. The normalized spacial score (nSPS) is 23.9. The second-order valence-corrected chi connectivity index (χ2v) is 6.89. The highest BCUT2D eigenvalue weighted by atomic mass is 32.2. The summed E-state index contributed by atoms with van der Waals surface area (Å²) in [6.07, 6.45) is -1.17. The van der Waals surface area contributed by atoms with Gasteiger partial charge >= 0.3 is 5.97 Å². The zero-order valence-electron chi connectivity index (χ0n) is 12.9. The quantitative estimate of drug-likeness (QED) is 0.446. The molecule has 1 N–H and O–H groups in total. The molecule has 0 aromatic rings. The van der Waals surface area contributed by atoms with Crippen molar-refractivity contribution in [2.24, 2.45) is 0 Å². The molecule has 124 valence electrons. The Labute approximate surface area is 136 Å². The Kier molecular flexibility index (Phi) is 4.60. The maximum absolute atomic E-state index is 12.3. The minimum atomic E-state index is -1.29. The zero-order chi connectivity index (χ0) is 17.5. The highest BCUT2D eigenvalue weighted by Gasteiger charge is 2.52. The zero-order valence-corrected chi connectivity index (χ0v) is 13.7. The number of carboxylic acid groups (broad SMARTS) is 1. The van der Waals surface area contributed by atoms with Crippen LogP contribution in [0.1, 0.15) is 33.6 Å². The van der Waals surface area contributed by atoms with Crippen LogP contribution in [0, 0.1) is 0 Å². The van der Waals surface area contributed by atoms with Gasteiger partial charge in [-0.25, -0.2) is 4.79 Å². The van der Waals surface area contributed by atoms with Crippen molar-refractivity contribution in [3.8, 4) is 0 Å². The Morgan fingerprint density at radius 2 is 1.70 bits per heavy atom. The molecule has 8 nitrogen and oxygen atoms in total. The molecule has 2 saturated heterocycles. The number of carboxylic acids is 1. The van der Waals surface area contributed by atoms with E-state index in [1.54, 1.807) is 0 Å². The first-order chi connectivity index (χ1) is 10.6. The number of carbonyl (C=O) groups is 5. The molecule has 0 aliphatic carbocycles. The molecule has 9 heteroatoms. The summed E-state index contributed by atoms with van der Waals surface area (Å²) in [5, 5.41) is 8.18. The third kappa shape index (κ3) is 3.00. The molecule has 2 rings (SSSR count). The average Bonchev–Trinajstić information content (AvgIpc) is 2.66. The molecule has 0 radical (unpaired) electrons. The first-order valence-electron chi connectivity index (χ1n) is 6.91. The maximum Gasteiger partial charge on any atom is 0.352 e. The lowest BCUT2D eigenvalue weighted by Gasteiger charge is -2.44. The predicted octanol–water partition coefficient (Wildman–Crippen LogP) is 0.330. The number of rotatable bonds is 4. The molecular formula is C14H16N2O6S. The summed E-state index contributed by atoms with van der Waals surface area (Å²) in [4.78, 5) is 60.7. The van der Waals surface area contributed by atoms with Gasteiger partial charge in [-0.2, -0.15) is 0 Å². The van der Waals surface area contributed by atoms with E-state index in [0.717, 1.165) is 21.6 Å². The largest absolute Gasteiger partial charge is 0.477 e. The molecular weight excluding hydrogens is 324 g/mol. The summed E-state index contributed by atoms with van der Waals surface area (Å²) in [6, 6.07) is 0. The van der Waals surface area contributed by atoms with E-state index in [-0.39, 0.29) is 23.7 Å². The number of aliphatic carboxylic acids is 1. The summed E-state index contributed by atoms with van der Waals surface area (Å²) in [5.41, 5.74) is 0.166. The van der Waals surface area contributed by atoms with Crippen LogP contribution in [0.25, 0.3) is 0 Å². The molecule has 2 fully saturated rings. The number of likely N-dealkylation sites (tertiary alicyclic amines) is 2. The van der Waals surface area contributed by atoms with E-state index in [1.807, 2.05) is 0 Å². The van der Waals surface area contributed by atoms with E-state index in [0.29, 0.717) is 5.57 Å². The Balaban J connectivity index is 2.28. The number of allylic oxidation sites excluding steroid dienone is 1. The van der Waals surface area contributed by atoms with E-state index in [4.69, 9.17) is 0 Å². The summed E-state index contributed by atoms with van der Waals surface area (Å²) >= 11 is 0.770. The second kappa shape index (κ2) is 6.15. The van der Waals surface area contributed by atoms with Gasteiger partial charge in [-0.05, 0) is 19.4 Å². The number of nitrogens with zero attached hydrogens (tertiary/aromatic N) is 2. The number of β-lactam (4-membered cyclic amide) rings is 1. The van der Waals surface area contributed by atoms with Crippen LogP contribution in [-0.4, -0.2) is 55.1 Å². The molecule has 2 aliphatic heterocycles. The van der Waals surface area contributed by atoms with Crippen molar-refractivity contribution >= 4 is 40.6 Å². The van der Waals surface area contributed by atoms with E-state index in [2.05, 4.69) is 0 Å². The third-order valence-electron chi connectivity index (χ3n) is 3.59. The van der Waals surface area contributed by atoms with Crippen LogP contribution in [0.3, 0.4) is 0 Å². The van der Waals surface area contributed by atoms with Gasteiger partial charge in [0, 0.05) is 13.3 Å². The van der Waals surface area contributed by atoms with Crippen molar-refractivity contribution in [3.05, 3.63) is 11.3 Å². The van der Waals surface area contributed by atoms with Gasteiger partial charge in [0.1, 0.15) is 17.1 Å². The highest BCUT2D eigenvalue weighted by molar-refractivity contribution is 8.14. The van der Waals surface area contributed by atoms with E-state index >= 15 is 0 Å². The Hall–Kier alpha value is -2.16. The van der Waals surface area contributed by atoms with Crippen LogP contribution in [0.5, 0.6) is 0 Å². The average molecular weight is 340 g/mol. The van der Waals surface area contributed by atoms with Gasteiger partial charge in [-0.3, -0.25) is 29.0 Å². The number of hydrogen-bond donors (Lipinski definition) is 1. The van der Waals surface area contributed by atoms with Gasteiger partial charge in [-0.15, -0.1) is 0 Å². The minimum Gasteiger partial charge on any atom is -0.477 e. The monoisotopic (exact) mass is 340 g/mol. The van der Waals surface area contributed by atoms with Gasteiger partial charge in [0.05, 0.1) is 6.42 Å². The smallest absolute Gasteiger partial charge is 0.352 e. The standard InChI is InChI=1S/C14H16N2O6S/c1-6(2)12(14(21)22)15-9(5-11(15)19)16-10(18)4-8(13(16)20)23-7(3)17/h8-9H,4-5H2,1-3H3,(H,21,22). The molecule has 2 aliphatic rings. The van der Waals surface area contributed by atoms with Gasteiger partial charge in [0.25, 0.3) is 0 Å². The van der Waals surface area contributed by atoms with Gasteiger partial charge < -0.3 is 5.11 Å². The molecule has 2 heterocycles. The molecule has 0 aromatic heterocycles. The van der Waals surface area contributed by atoms with E-state index < -0.39 is 35.1 Å². The minimum absolute atomic E-state index is 0.112. The molecule has 23 heavy (non-hydrogen) atoms. The van der Waals surface area contributed by atoms with E-state index in [9.17, 15) is 29.1 Å². The summed E-state index contributed by atoms with van der Waals surface area (Å²) < 4.78 is 0. The number of amides is 3. The second-order valence-electron chi connectivity index (χ2n) is 5.51.